The van der Waals surface area contributed by atoms with Crippen molar-refractivity contribution in [3.8, 4) is 0 Å². The molecule has 0 spiro atoms. The quantitative estimate of drug-likeness (QED) is 0.365. The van der Waals surface area contributed by atoms with E-state index in [1.54, 1.807) is 30.4 Å². The standard InChI is InChI=1S/C29H31FO3S/c1-3-22-10-12-23(13-11-22)20-25(4-2)29(31)26(21-24-14-16-27(30)17-15-24)18-19-34(32,33)28-8-6-5-7-9-28/h5-8,10-17,20-21,28H,3-4,9,18-19H2,1-2H3/b25-20+,26-21+. The van der Waals surface area contributed by atoms with Crippen LogP contribution in [-0.2, 0) is 21.1 Å². The normalized spacial score (nSPS) is 16.6. The van der Waals surface area contributed by atoms with Gasteiger partial charge in [-0.05, 0) is 66.7 Å². The van der Waals surface area contributed by atoms with Crippen LogP contribution in [0.2, 0.25) is 0 Å². The second kappa shape index (κ2) is 11.9. The lowest BCUT2D eigenvalue weighted by molar-refractivity contribution is -0.112. The molecular weight excluding hydrogens is 447 g/mol. The SMILES string of the molecule is CC/C(=C\c1ccc(CC)cc1)C(=O)/C(=C/c1ccc(F)cc1)CCS(=O)(=O)C1C=CC=CC1. The molecular formula is C29H31FO3S. The molecule has 0 aromatic heterocycles. The topological polar surface area (TPSA) is 51.2 Å². The molecule has 1 aliphatic rings. The van der Waals surface area contributed by atoms with Crippen molar-refractivity contribution in [3.63, 3.8) is 0 Å². The van der Waals surface area contributed by atoms with Gasteiger partial charge in [-0.25, -0.2) is 12.8 Å². The van der Waals surface area contributed by atoms with Crippen LogP contribution >= 0.6 is 0 Å². The Morgan fingerprint density at radius 2 is 1.56 bits per heavy atom. The highest BCUT2D eigenvalue weighted by Gasteiger charge is 2.25. The summed E-state index contributed by atoms with van der Waals surface area (Å²) in [6, 6.07) is 13.9. The monoisotopic (exact) mass is 478 g/mol. The van der Waals surface area contributed by atoms with Crippen LogP contribution in [0.25, 0.3) is 12.2 Å². The number of carbonyl (C=O) groups is 1. The zero-order valence-electron chi connectivity index (χ0n) is 19.7. The van der Waals surface area contributed by atoms with Crippen molar-refractivity contribution in [2.45, 2.75) is 44.8 Å². The third kappa shape index (κ3) is 6.97. The van der Waals surface area contributed by atoms with Crippen LogP contribution in [0.4, 0.5) is 4.39 Å². The van der Waals surface area contributed by atoms with Gasteiger partial charge in [0.1, 0.15) is 5.82 Å². The van der Waals surface area contributed by atoms with Crippen molar-refractivity contribution in [2.75, 3.05) is 5.75 Å². The molecule has 0 saturated carbocycles. The number of aryl methyl sites for hydroxylation is 1. The van der Waals surface area contributed by atoms with Gasteiger partial charge >= 0.3 is 0 Å². The van der Waals surface area contributed by atoms with Crippen molar-refractivity contribution in [1.82, 2.24) is 0 Å². The van der Waals surface area contributed by atoms with Crippen LogP contribution in [0, 0.1) is 5.82 Å². The van der Waals surface area contributed by atoms with Crippen molar-refractivity contribution >= 4 is 27.8 Å². The third-order valence-electron chi connectivity index (χ3n) is 5.96. The maximum atomic E-state index is 13.5. The van der Waals surface area contributed by atoms with Crippen molar-refractivity contribution in [3.05, 3.63) is 106 Å². The Hall–Kier alpha value is -3.05. The summed E-state index contributed by atoms with van der Waals surface area (Å²) in [5.74, 6) is -0.674. The minimum Gasteiger partial charge on any atom is -0.289 e. The van der Waals surface area contributed by atoms with Gasteiger partial charge in [-0.3, -0.25) is 4.79 Å². The summed E-state index contributed by atoms with van der Waals surface area (Å²) in [7, 11) is -3.42. The van der Waals surface area contributed by atoms with Gasteiger partial charge < -0.3 is 0 Å². The Bertz CT molecular complexity index is 1220. The Kier molecular flexibility index (Phi) is 8.94. The summed E-state index contributed by atoms with van der Waals surface area (Å²) in [6.45, 7) is 4.00. The van der Waals surface area contributed by atoms with Gasteiger partial charge in [0, 0.05) is 11.1 Å². The first-order valence-corrected chi connectivity index (χ1v) is 13.4. The van der Waals surface area contributed by atoms with E-state index in [0.717, 1.165) is 12.0 Å². The van der Waals surface area contributed by atoms with E-state index in [9.17, 15) is 17.6 Å². The Morgan fingerprint density at radius 1 is 0.941 bits per heavy atom. The first-order chi connectivity index (χ1) is 16.3. The maximum absolute atomic E-state index is 13.5. The summed E-state index contributed by atoms with van der Waals surface area (Å²) < 4.78 is 39.2. The number of carbonyl (C=O) groups excluding carboxylic acids is 1. The average molecular weight is 479 g/mol. The van der Waals surface area contributed by atoms with Crippen LogP contribution in [0.5, 0.6) is 0 Å². The number of benzene rings is 2. The lowest BCUT2D eigenvalue weighted by Crippen LogP contribution is -2.23. The van der Waals surface area contributed by atoms with Gasteiger partial charge in [0.25, 0.3) is 0 Å². The van der Waals surface area contributed by atoms with E-state index in [-0.39, 0.29) is 23.8 Å². The molecule has 1 aliphatic carbocycles. The Balaban J connectivity index is 1.90. The molecule has 0 heterocycles. The number of hydrogen-bond donors (Lipinski definition) is 0. The maximum Gasteiger partial charge on any atom is 0.185 e. The second-order valence-corrected chi connectivity index (χ2v) is 10.7. The molecule has 0 bridgehead atoms. The van der Waals surface area contributed by atoms with E-state index in [2.05, 4.69) is 6.92 Å². The third-order valence-corrected chi connectivity index (χ3v) is 8.01. The summed E-state index contributed by atoms with van der Waals surface area (Å²) in [5.41, 5.74) is 3.82. The van der Waals surface area contributed by atoms with Gasteiger partial charge in [0.15, 0.2) is 15.6 Å². The van der Waals surface area contributed by atoms with Crippen LogP contribution < -0.4 is 0 Å². The van der Waals surface area contributed by atoms with Gasteiger partial charge in [-0.2, -0.15) is 0 Å². The zero-order chi connectivity index (χ0) is 24.6. The lowest BCUT2D eigenvalue weighted by Gasteiger charge is -2.15. The highest BCUT2D eigenvalue weighted by molar-refractivity contribution is 7.92. The van der Waals surface area contributed by atoms with Gasteiger partial charge in [-0.15, -0.1) is 0 Å². The highest BCUT2D eigenvalue weighted by atomic mass is 32.2. The van der Waals surface area contributed by atoms with Crippen molar-refractivity contribution in [1.29, 1.82) is 0 Å². The van der Waals surface area contributed by atoms with E-state index >= 15 is 0 Å². The number of allylic oxidation sites excluding steroid dienone is 5. The number of rotatable bonds is 10. The van der Waals surface area contributed by atoms with E-state index in [1.165, 1.54) is 17.7 Å². The fourth-order valence-electron chi connectivity index (χ4n) is 3.82. The smallest absolute Gasteiger partial charge is 0.185 e. The van der Waals surface area contributed by atoms with E-state index in [0.29, 0.717) is 29.6 Å². The van der Waals surface area contributed by atoms with Gasteiger partial charge in [0.2, 0.25) is 0 Å². The summed E-state index contributed by atoms with van der Waals surface area (Å²) in [5, 5.41) is -0.571. The molecule has 0 aliphatic heterocycles. The van der Waals surface area contributed by atoms with Gasteiger partial charge in [0.05, 0.1) is 11.0 Å². The average Bonchev–Trinajstić information content (AvgIpc) is 2.86. The van der Waals surface area contributed by atoms with E-state index in [1.807, 2.05) is 49.4 Å². The lowest BCUT2D eigenvalue weighted by atomic mass is 9.95. The Morgan fingerprint density at radius 3 is 2.12 bits per heavy atom. The van der Waals surface area contributed by atoms with Gasteiger partial charge in [-0.1, -0.05) is 74.5 Å². The first kappa shape index (κ1) is 25.6. The second-order valence-electron chi connectivity index (χ2n) is 8.37. The van der Waals surface area contributed by atoms with Crippen LogP contribution in [0.1, 0.15) is 49.8 Å². The molecule has 0 fully saturated rings. The molecule has 1 unspecified atom stereocenters. The predicted octanol–water partition coefficient (Wildman–Crippen LogP) is 6.52. The molecule has 178 valence electrons. The first-order valence-electron chi connectivity index (χ1n) is 11.7. The Labute approximate surface area is 202 Å². The highest BCUT2D eigenvalue weighted by Crippen LogP contribution is 2.23. The minimum atomic E-state index is -3.42. The molecule has 3 nitrogen and oxygen atoms in total. The number of halogens is 1. The summed E-state index contributed by atoms with van der Waals surface area (Å²) in [4.78, 5) is 13.5. The zero-order valence-corrected chi connectivity index (χ0v) is 20.5. The number of Topliss-reactive ketones (excluding diaryl/α,β-unsaturated/α-hetero) is 1. The molecule has 0 N–H and O–H groups in total. The minimum absolute atomic E-state index is 0.0959. The molecule has 2 aromatic carbocycles. The number of hydrogen-bond acceptors (Lipinski definition) is 3. The van der Waals surface area contributed by atoms with Crippen molar-refractivity contribution < 1.29 is 17.6 Å². The molecule has 0 radical (unpaired) electrons. The number of sulfone groups is 1. The number of ketones is 1. The molecule has 5 heteroatoms. The molecule has 34 heavy (non-hydrogen) atoms. The van der Waals surface area contributed by atoms with E-state index in [4.69, 9.17) is 0 Å². The summed E-state index contributed by atoms with van der Waals surface area (Å²) >= 11 is 0. The van der Waals surface area contributed by atoms with E-state index < -0.39 is 15.1 Å². The van der Waals surface area contributed by atoms with Crippen LogP contribution in [0.15, 0.2) is 84.0 Å². The molecule has 1 atom stereocenters. The van der Waals surface area contributed by atoms with Crippen LogP contribution in [-0.4, -0.2) is 25.2 Å². The molecule has 0 saturated heterocycles. The molecule has 3 rings (SSSR count). The van der Waals surface area contributed by atoms with Crippen molar-refractivity contribution in [2.24, 2.45) is 0 Å². The fraction of sp³-hybridized carbons (Fsp3) is 0.276. The molecule has 2 aromatic rings. The molecule has 0 amide bonds. The predicted molar refractivity (Wildman–Crippen MR) is 139 cm³/mol. The largest absolute Gasteiger partial charge is 0.289 e. The summed E-state index contributed by atoms with van der Waals surface area (Å²) in [6.07, 6.45) is 12.6. The van der Waals surface area contributed by atoms with Crippen LogP contribution in [0.3, 0.4) is 0 Å². The fourth-order valence-corrected chi connectivity index (χ4v) is 5.37.